The molecule has 1 aromatic rings. The molecule has 0 aromatic heterocycles. The van der Waals surface area contributed by atoms with Gasteiger partial charge >= 0.3 is 0 Å². The van der Waals surface area contributed by atoms with Crippen LogP contribution in [0.15, 0.2) is 24.3 Å². The fraction of sp³-hybridized carbons (Fsp3) is 0.625. The van der Waals surface area contributed by atoms with E-state index in [1.165, 1.54) is 5.56 Å². The Bertz CT molecular complexity index is 427. The van der Waals surface area contributed by atoms with Crippen LogP contribution < -0.4 is 5.32 Å². The van der Waals surface area contributed by atoms with Gasteiger partial charge in [0, 0.05) is 49.8 Å². The number of halogens is 1. The lowest BCUT2D eigenvalue weighted by molar-refractivity contribution is 0.0693. The van der Waals surface area contributed by atoms with Crippen molar-refractivity contribution in [2.45, 2.75) is 25.9 Å². The Morgan fingerprint density at radius 1 is 1.25 bits per heavy atom. The van der Waals surface area contributed by atoms with E-state index < -0.39 is 0 Å². The highest BCUT2D eigenvalue weighted by molar-refractivity contribution is 6.31. The van der Waals surface area contributed by atoms with E-state index in [4.69, 9.17) is 11.6 Å². The third kappa shape index (κ3) is 4.19. The first kappa shape index (κ1) is 15.8. The van der Waals surface area contributed by atoms with Crippen LogP contribution in [0.2, 0.25) is 5.02 Å². The van der Waals surface area contributed by atoms with Crippen molar-refractivity contribution in [2.75, 3.05) is 39.8 Å². The molecule has 0 radical (unpaired) electrons. The quantitative estimate of drug-likeness (QED) is 0.900. The monoisotopic (exact) mass is 295 g/mol. The van der Waals surface area contributed by atoms with Gasteiger partial charge in [-0.15, -0.1) is 0 Å². The zero-order chi connectivity index (χ0) is 14.6. The molecule has 3 nitrogen and oxygen atoms in total. The second-order valence-electron chi connectivity index (χ2n) is 6.31. The van der Waals surface area contributed by atoms with Gasteiger partial charge in [0.25, 0.3) is 0 Å². The van der Waals surface area contributed by atoms with E-state index in [9.17, 15) is 0 Å². The Labute approximate surface area is 127 Å². The summed E-state index contributed by atoms with van der Waals surface area (Å²) >= 11 is 6.24. The first-order valence-corrected chi connectivity index (χ1v) is 7.74. The number of hydrogen-bond acceptors (Lipinski definition) is 3. The van der Waals surface area contributed by atoms with Crippen molar-refractivity contribution in [3.63, 3.8) is 0 Å². The Morgan fingerprint density at radius 3 is 2.55 bits per heavy atom. The highest BCUT2D eigenvalue weighted by Gasteiger charge is 2.28. The number of benzene rings is 1. The van der Waals surface area contributed by atoms with Gasteiger partial charge < -0.3 is 10.2 Å². The van der Waals surface area contributed by atoms with Crippen molar-refractivity contribution in [1.29, 1.82) is 0 Å². The first-order valence-electron chi connectivity index (χ1n) is 7.37. The molecule has 0 unspecified atom stereocenters. The van der Waals surface area contributed by atoms with Crippen LogP contribution in [0.1, 0.15) is 19.4 Å². The summed E-state index contributed by atoms with van der Waals surface area (Å²) < 4.78 is 0. The van der Waals surface area contributed by atoms with Gasteiger partial charge in [-0.25, -0.2) is 0 Å². The average Bonchev–Trinajstić information content (AvgIpc) is 2.42. The van der Waals surface area contributed by atoms with Gasteiger partial charge in [0.2, 0.25) is 0 Å². The molecule has 0 spiro atoms. The third-order valence-electron chi connectivity index (χ3n) is 4.03. The molecule has 1 N–H and O–H groups in total. The predicted octanol–water partition coefficient (Wildman–Crippen LogP) is 2.46. The molecule has 0 bridgehead atoms. The van der Waals surface area contributed by atoms with Crippen LogP contribution in [0.5, 0.6) is 0 Å². The van der Waals surface area contributed by atoms with Crippen LogP contribution in [0, 0.1) is 0 Å². The average molecular weight is 296 g/mol. The summed E-state index contributed by atoms with van der Waals surface area (Å²) in [4.78, 5) is 4.94. The van der Waals surface area contributed by atoms with Crippen molar-refractivity contribution in [2.24, 2.45) is 0 Å². The zero-order valence-electron chi connectivity index (χ0n) is 12.8. The maximum absolute atomic E-state index is 6.24. The Hall–Kier alpha value is -0.610. The molecule has 112 valence electrons. The lowest BCUT2D eigenvalue weighted by Gasteiger charge is -2.43. The molecule has 1 aromatic carbocycles. The molecule has 0 saturated carbocycles. The third-order valence-corrected chi connectivity index (χ3v) is 4.40. The minimum Gasteiger partial charge on any atom is -0.314 e. The van der Waals surface area contributed by atoms with Crippen LogP contribution in [-0.2, 0) is 6.54 Å². The standard InChI is InChI=1S/C16H26ClN3/c1-16(2,20-10-8-18-9-11-20)13-19(3)12-14-6-4-5-7-15(14)17/h4-7,18H,8-13H2,1-3H3. The van der Waals surface area contributed by atoms with E-state index in [1.807, 2.05) is 12.1 Å². The summed E-state index contributed by atoms with van der Waals surface area (Å²) in [7, 11) is 2.17. The van der Waals surface area contributed by atoms with E-state index in [-0.39, 0.29) is 5.54 Å². The number of hydrogen-bond donors (Lipinski definition) is 1. The van der Waals surface area contributed by atoms with Crippen LogP contribution in [0.25, 0.3) is 0 Å². The van der Waals surface area contributed by atoms with E-state index >= 15 is 0 Å². The van der Waals surface area contributed by atoms with Crippen molar-refractivity contribution in [3.8, 4) is 0 Å². The summed E-state index contributed by atoms with van der Waals surface area (Å²) in [5.41, 5.74) is 1.39. The topological polar surface area (TPSA) is 18.5 Å². The molecular formula is C16H26ClN3. The van der Waals surface area contributed by atoms with Crippen LogP contribution in [-0.4, -0.2) is 55.1 Å². The van der Waals surface area contributed by atoms with E-state index in [0.717, 1.165) is 44.3 Å². The van der Waals surface area contributed by atoms with Gasteiger partial charge in [-0.3, -0.25) is 4.90 Å². The maximum Gasteiger partial charge on any atom is 0.0451 e. The lowest BCUT2D eigenvalue weighted by atomic mass is 10.0. The second kappa shape index (κ2) is 6.90. The molecular weight excluding hydrogens is 270 g/mol. The summed E-state index contributed by atoms with van der Waals surface area (Å²) in [5.74, 6) is 0. The number of rotatable bonds is 5. The summed E-state index contributed by atoms with van der Waals surface area (Å²) in [6, 6.07) is 8.11. The molecule has 0 amide bonds. The van der Waals surface area contributed by atoms with Crippen LogP contribution in [0.3, 0.4) is 0 Å². The Balaban J connectivity index is 1.93. The highest BCUT2D eigenvalue weighted by atomic mass is 35.5. The summed E-state index contributed by atoms with van der Waals surface area (Å²) in [6.07, 6.45) is 0. The van der Waals surface area contributed by atoms with E-state index in [0.29, 0.717) is 0 Å². The molecule has 1 aliphatic rings. The van der Waals surface area contributed by atoms with Gasteiger partial charge in [-0.1, -0.05) is 29.8 Å². The highest BCUT2D eigenvalue weighted by Crippen LogP contribution is 2.20. The van der Waals surface area contributed by atoms with Crippen LogP contribution in [0.4, 0.5) is 0 Å². The van der Waals surface area contributed by atoms with Crippen molar-refractivity contribution in [1.82, 2.24) is 15.1 Å². The van der Waals surface area contributed by atoms with Gasteiger partial charge in [-0.05, 0) is 32.5 Å². The van der Waals surface area contributed by atoms with Crippen molar-refractivity contribution < 1.29 is 0 Å². The molecule has 1 aliphatic heterocycles. The van der Waals surface area contributed by atoms with Crippen molar-refractivity contribution in [3.05, 3.63) is 34.9 Å². The molecule has 2 rings (SSSR count). The number of nitrogens with zero attached hydrogens (tertiary/aromatic N) is 2. The van der Waals surface area contributed by atoms with E-state index in [1.54, 1.807) is 0 Å². The minimum absolute atomic E-state index is 0.193. The second-order valence-corrected chi connectivity index (χ2v) is 6.72. The van der Waals surface area contributed by atoms with E-state index in [2.05, 4.69) is 48.1 Å². The molecule has 0 atom stereocenters. The SMILES string of the molecule is CN(Cc1ccccc1Cl)CC(C)(C)N1CCNCC1. The molecule has 20 heavy (non-hydrogen) atoms. The van der Waals surface area contributed by atoms with Crippen LogP contribution >= 0.6 is 11.6 Å². The number of likely N-dealkylation sites (N-methyl/N-ethyl adjacent to an activating group) is 1. The molecule has 1 saturated heterocycles. The maximum atomic E-state index is 6.24. The fourth-order valence-corrected chi connectivity index (χ4v) is 3.20. The largest absolute Gasteiger partial charge is 0.314 e. The van der Waals surface area contributed by atoms with Gasteiger partial charge in [0.1, 0.15) is 0 Å². The summed E-state index contributed by atoms with van der Waals surface area (Å²) in [6.45, 7) is 11.1. The molecule has 4 heteroatoms. The number of piperazine rings is 1. The Kier molecular flexibility index (Phi) is 5.44. The van der Waals surface area contributed by atoms with Crippen molar-refractivity contribution >= 4 is 11.6 Å². The molecule has 0 aliphatic carbocycles. The summed E-state index contributed by atoms with van der Waals surface area (Å²) in [5, 5.41) is 4.28. The van der Waals surface area contributed by atoms with Gasteiger partial charge in [-0.2, -0.15) is 0 Å². The normalized spacial score (nSPS) is 17.6. The molecule has 1 heterocycles. The zero-order valence-corrected chi connectivity index (χ0v) is 13.6. The fourth-order valence-electron chi connectivity index (χ4n) is 3.00. The smallest absolute Gasteiger partial charge is 0.0451 e. The van der Waals surface area contributed by atoms with Gasteiger partial charge in [0.05, 0.1) is 0 Å². The minimum atomic E-state index is 0.193. The predicted molar refractivity (Wildman–Crippen MR) is 86.3 cm³/mol. The first-order chi connectivity index (χ1) is 9.49. The number of nitrogens with one attached hydrogen (secondary N) is 1. The Morgan fingerprint density at radius 2 is 1.90 bits per heavy atom. The van der Waals surface area contributed by atoms with Gasteiger partial charge in [0.15, 0.2) is 0 Å². The lowest BCUT2D eigenvalue weighted by Crippen LogP contribution is -2.57. The molecule has 1 fully saturated rings.